The van der Waals surface area contributed by atoms with Crippen LogP contribution in [0.5, 0.6) is 0 Å². The third kappa shape index (κ3) is 5.86. The molecule has 0 aliphatic heterocycles. The number of aliphatic carboxylic acids is 1. The summed E-state index contributed by atoms with van der Waals surface area (Å²) >= 11 is 1.52. The summed E-state index contributed by atoms with van der Waals surface area (Å²) in [4.78, 5) is 26.3. The molecule has 1 aromatic rings. The van der Waals surface area contributed by atoms with Crippen LogP contribution in [0.4, 0.5) is 0 Å². The summed E-state index contributed by atoms with van der Waals surface area (Å²) in [6, 6.07) is 2.23. The van der Waals surface area contributed by atoms with E-state index in [1.54, 1.807) is 18.3 Å². The number of nitrogens with one attached hydrogen (secondary N) is 1. The van der Waals surface area contributed by atoms with Gasteiger partial charge in [0.15, 0.2) is 0 Å². The second-order valence-corrected chi connectivity index (χ2v) is 4.35. The fourth-order valence-corrected chi connectivity index (χ4v) is 1.69. The van der Waals surface area contributed by atoms with Crippen LogP contribution < -0.4 is 40.0 Å². The van der Waals surface area contributed by atoms with Crippen LogP contribution in [0.25, 0.3) is 0 Å². The van der Waals surface area contributed by atoms with Crippen molar-refractivity contribution in [3.05, 3.63) is 30.1 Å². The normalized spacial score (nSPS) is 11.2. The van der Waals surface area contributed by atoms with Gasteiger partial charge in [-0.05, 0) is 30.6 Å². The number of hydrogen-bond donors (Lipinski definition) is 1. The first-order valence-corrected chi connectivity index (χ1v) is 6.45. The maximum atomic E-state index is 11.7. The molecule has 1 amide bonds. The molecule has 1 heterocycles. The zero-order valence-corrected chi connectivity index (χ0v) is 13.2. The van der Waals surface area contributed by atoms with E-state index in [4.69, 9.17) is 0 Å². The summed E-state index contributed by atoms with van der Waals surface area (Å²) in [6.45, 7) is 0. The van der Waals surface area contributed by atoms with Crippen LogP contribution in [-0.2, 0) is 4.79 Å². The summed E-state index contributed by atoms with van der Waals surface area (Å²) in [5.74, 6) is -1.07. The minimum absolute atomic E-state index is 0. The first kappa shape index (κ1) is 17.4. The second kappa shape index (κ2) is 9.38. The van der Waals surface area contributed by atoms with E-state index in [1.807, 2.05) is 6.26 Å². The summed E-state index contributed by atoms with van der Waals surface area (Å²) < 4.78 is 0. The summed E-state index contributed by atoms with van der Waals surface area (Å²) in [7, 11) is 0. The van der Waals surface area contributed by atoms with Crippen LogP contribution in [0.1, 0.15) is 16.8 Å². The van der Waals surface area contributed by atoms with E-state index in [1.165, 1.54) is 18.0 Å². The van der Waals surface area contributed by atoms with Crippen molar-refractivity contribution in [1.29, 1.82) is 0 Å². The number of pyridine rings is 1. The summed E-state index contributed by atoms with van der Waals surface area (Å²) in [5.41, 5.74) is 0.336. The van der Waals surface area contributed by atoms with Gasteiger partial charge >= 0.3 is 29.6 Å². The van der Waals surface area contributed by atoms with Gasteiger partial charge < -0.3 is 15.2 Å². The molecule has 5 nitrogen and oxygen atoms in total. The largest absolute Gasteiger partial charge is 1.00 e. The minimum atomic E-state index is -1.27. The molecule has 0 saturated carbocycles. The van der Waals surface area contributed by atoms with Gasteiger partial charge in [-0.2, -0.15) is 11.8 Å². The van der Waals surface area contributed by atoms with Gasteiger partial charge in [-0.3, -0.25) is 9.78 Å². The van der Waals surface area contributed by atoms with Gasteiger partial charge in [0.1, 0.15) is 0 Å². The molecular weight excluding hydrogens is 263 g/mol. The van der Waals surface area contributed by atoms with Crippen LogP contribution in [-0.4, -0.2) is 34.9 Å². The maximum Gasteiger partial charge on any atom is 1.00 e. The van der Waals surface area contributed by atoms with Gasteiger partial charge in [-0.1, -0.05) is 0 Å². The Bertz CT molecular complexity index is 389. The van der Waals surface area contributed by atoms with Crippen molar-refractivity contribution in [2.75, 3.05) is 12.0 Å². The topological polar surface area (TPSA) is 82.1 Å². The van der Waals surface area contributed by atoms with E-state index in [9.17, 15) is 14.7 Å². The van der Waals surface area contributed by atoms with E-state index >= 15 is 0 Å². The number of carboxylic acids is 1. The summed E-state index contributed by atoms with van der Waals surface area (Å²) in [6.07, 6.45) is 5.14. The molecule has 0 saturated heterocycles. The van der Waals surface area contributed by atoms with Crippen molar-refractivity contribution < 1.29 is 44.3 Å². The number of carbonyl (C=O) groups excluding carboxylic acids is 2. The van der Waals surface area contributed by atoms with Crippen molar-refractivity contribution in [2.45, 2.75) is 12.5 Å². The molecule has 7 heteroatoms. The molecule has 0 aliphatic rings. The smallest absolute Gasteiger partial charge is 0.548 e. The minimum Gasteiger partial charge on any atom is -0.548 e. The van der Waals surface area contributed by atoms with Crippen LogP contribution >= 0.6 is 11.8 Å². The Morgan fingerprint density at radius 1 is 1.56 bits per heavy atom. The number of carboxylic acid groups (broad SMARTS) is 1. The number of hydrogen-bond acceptors (Lipinski definition) is 5. The fraction of sp³-hybridized carbons (Fsp3) is 0.364. The van der Waals surface area contributed by atoms with Crippen LogP contribution in [0.15, 0.2) is 24.5 Å². The molecule has 1 rings (SSSR count). The van der Waals surface area contributed by atoms with Gasteiger partial charge in [-0.25, -0.2) is 0 Å². The molecule has 1 unspecified atom stereocenters. The number of amides is 1. The fourth-order valence-electron chi connectivity index (χ4n) is 1.22. The molecule has 1 aromatic heterocycles. The first-order chi connectivity index (χ1) is 8.15. The van der Waals surface area contributed by atoms with E-state index in [0.29, 0.717) is 17.7 Å². The van der Waals surface area contributed by atoms with E-state index in [-0.39, 0.29) is 29.6 Å². The molecule has 0 bridgehead atoms. The Morgan fingerprint density at radius 2 is 2.28 bits per heavy atom. The number of aromatic nitrogens is 1. The SMILES string of the molecule is CSCCC(NC(=O)c1cccnc1)C(=O)[O-].[Na+]. The average Bonchev–Trinajstić information content (AvgIpc) is 2.35. The molecule has 0 aliphatic carbocycles. The van der Waals surface area contributed by atoms with Gasteiger partial charge in [-0.15, -0.1) is 0 Å². The Kier molecular flexibility index (Phi) is 9.09. The second-order valence-electron chi connectivity index (χ2n) is 3.37. The third-order valence-corrected chi connectivity index (χ3v) is 2.77. The van der Waals surface area contributed by atoms with Gasteiger partial charge in [0.05, 0.1) is 17.6 Å². The molecular formula is C11H13N2NaO3S. The van der Waals surface area contributed by atoms with E-state index in [2.05, 4.69) is 10.3 Å². The molecule has 0 aromatic carbocycles. The van der Waals surface area contributed by atoms with Gasteiger partial charge in [0.25, 0.3) is 5.91 Å². The van der Waals surface area contributed by atoms with E-state index in [0.717, 1.165) is 0 Å². The quantitative estimate of drug-likeness (QED) is 0.550. The Balaban J connectivity index is 0.00000289. The van der Waals surface area contributed by atoms with Crippen molar-refractivity contribution in [2.24, 2.45) is 0 Å². The standard InChI is InChI=1S/C11H14N2O3S.Na/c1-17-6-4-9(11(15)16)13-10(14)8-3-2-5-12-7-8;/h2-3,5,7,9H,4,6H2,1H3,(H,13,14)(H,15,16);/q;+1/p-1. The zero-order chi connectivity index (χ0) is 12.7. The predicted molar refractivity (Wildman–Crippen MR) is 63.5 cm³/mol. The predicted octanol–water partition coefficient (Wildman–Crippen LogP) is -3.31. The van der Waals surface area contributed by atoms with Crippen LogP contribution in [0.2, 0.25) is 0 Å². The zero-order valence-electron chi connectivity index (χ0n) is 10.4. The van der Waals surface area contributed by atoms with Crippen molar-refractivity contribution in [3.8, 4) is 0 Å². The van der Waals surface area contributed by atoms with Crippen LogP contribution in [0.3, 0.4) is 0 Å². The molecule has 18 heavy (non-hydrogen) atoms. The average molecular weight is 276 g/mol. The molecule has 0 radical (unpaired) electrons. The molecule has 92 valence electrons. The maximum absolute atomic E-state index is 11.7. The molecule has 0 fully saturated rings. The molecule has 0 spiro atoms. The van der Waals surface area contributed by atoms with Crippen molar-refractivity contribution >= 4 is 23.6 Å². The molecule has 1 N–H and O–H groups in total. The monoisotopic (exact) mass is 276 g/mol. The third-order valence-electron chi connectivity index (χ3n) is 2.12. The summed E-state index contributed by atoms with van der Waals surface area (Å²) in [5, 5.41) is 13.2. The Hall–Kier alpha value is -0.560. The number of nitrogens with zero attached hydrogens (tertiary/aromatic N) is 1. The number of thioether (sulfide) groups is 1. The number of carbonyl (C=O) groups is 2. The Labute approximate surface area is 132 Å². The van der Waals surface area contributed by atoms with Gasteiger partial charge in [0, 0.05) is 12.4 Å². The van der Waals surface area contributed by atoms with E-state index < -0.39 is 17.9 Å². The van der Waals surface area contributed by atoms with Gasteiger partial charge in [0.2, 0.25) is 0 Å². The number of rotatable bonds is 6. The Morgan fingerprint density at radius 3 is 2.78 bits per heavy atom. The van der Waals surface area contributed by atoms with Crippen molar-refractivity contribution in [3.63, 3.8) is 0 Å². The molecule has 1 atom stereocenters. The first-order valence-electron chi connectivity index (χ1n) is 5.06. The van der Waals surface area contributed by atoms with Crippen molar-refractivity contribution in [1.82, 2.24) is 10.3 Å². The van der Waals surface area contributed by atoms with Crippen LogP contribution in [0, 0.1) is 0 Å².